The summed E-state index contributed by atoms with van der Waals surface area (Å²) in [6.45, 7) is 3.06. The summed E-state index contributed by atoms with van der Waals surface area (Å²) in [5, 5.41) is 6.47. The van der Waals surface area contributed by atoms with E-state index in [9.17, 15) is 9.18 Å². The molecule has 1 saturated heterocycles. The summed E-state index contributed by atoms with van der Waals surface area (Å²) in [6, 6.07) is 10.9. The van der Waals surface area contributed by atoms with E-state index in [2.05, 4.69) is 15.6 Å². The van der Waals surface area contributed by atoms with E-state index in [1.54, 1.807) is 12.1 Å². The van der Waals surface area contributed by atoms with Gasteiger partial charge in [-0.2, -0.15) is 0 Å². The second-order valence-electron chi connectivity index (χ2n) is 6.37. The van der Waals surface area contributed by atoms with Gasteiger partial charge >= 0.3 is 0 Å². The molecule has 0 aromatic heterocycles. The highest BCUT2D eigenvalue weighted by Gasteiger charge is 2.16. The average molecular weight is 390 g/mol. The average Bonchev–Trinajstić information content (AvgIpc) is 3.15. The number of aryl methyl sites for hydroxylation is 1. The van der Waals surface area contributed by atoms with Crippen LogP contribution in [0.3, 0.4) is 0 Å². The maximum absolute atomic E-state index is 13.4. The fraction of sp³-hybridized carbons (Fsp3) is 0.300. The van der Waals surface area contributed by atoms with Crippen molar-refractivity contribution in [3.8, 4) is 0 Å². The Bertz CT molecular complexity index is 851. The number of nitrogens with zero attached hydrogens (tertiary/aromatic N) is 1. The zero-order valence-corrected chi connectivity index (χ0v) is 15.7. The van der Waals surface area contributed by atoms with Gasteiger partial charge in [-0.25, -0.2) is 9.38 Å². The molecule has 7 heteroatoms. The molecule has 5 nitrogen and oxygen atoms in total. The van der Waals surface area contributed by atoms with Gasteiger partial charge in [0.1, 0.15) is 5.82 Å². The van der Waals surface area contributed by atoms with Crippen LogP contribution < -0.4 is 10.6 Å². The molecule has 142 valence electrons. The number of rotatable bonds is 4. The predicted molar refractivity (Wildman–Crippen MR) is 105 cm³/mol. The standard InChI is InChI=1S/C20H21ClFN3O2/c1-13-10-15(21)7-8-18(13)24-20(23-12-17-6-3-9-27-17)25-19(26)14-4-2-5-16(22)11-14/h2,4-5,7-8,10-11,17H,3,6,9,12H2,1H3,(H2,23,24,25,26). The Labute approximate surface area is 162 Å². The van der Waals surface area contributed by atoms with Crippen LogP contribution in [0.15, 0.2) is 47.5 Å². The van der Waals surface area contributed by atoms with Crippen molar-refractivity contribution in [2.24, 2.45) is 4.99 Å². The summed E-state index contributed by atoms with van der Waals surface area (Å²) >= 11 is 6.00. The Balaban J connectivity index is 1.78. The number of hydrogen-bond acceptors (Lipinski definition) is 3. The molecule has 1 heterocycles. The Morgan fingerprint density at radius 3 is 2.89 bits per heavy atom. The first-order chi connectivity index (χ1) is 13.0. The summed E-state index contributed by atoms with van der Waals surface area (Å²) in [4.78, 5) is 17.0. The zero-order chi connectivity index (χ0) is 19.2. The van der Waals surface area contributed by atoms with Gasteiger partial charge in [0, 0.05) is 22.9 Å². The topological polar surface area (TPSA) is 62.7 Å². The minimum Gasteiger partial charge on any atom is -0.376 e. The predicted octanol–water partition coefficient (Wildman–Crippen LogP) is 4.16. The van der Waals surface area contributed by atoms with Crippen molar-refractivity contribution in [3.63, 3.8) is 0 Å². The highest BCUT2D eigenvalue weighted by molar-refractivity contribution is 6.30. The van der Waals surface area contributed by atoms with Crippen LogP contribution in [-0.2, 0) is 4.74 Å². The third-order valence-electron chi connectivity index (χ3n) is 4.24. The molecule has 2 aromatic rings. The second-order valence-corrected chi connectivity index (χ2v) is 6.81. The molecule has 0 saturated carbocycles. The molecule has 3 rings (SSSR count). The molecule has 0 spiro atoms. The highest BCUT2D eigenvalue weighted by atomic mass is 35.5. The minimum absolute atomic E-state index is 0.0409. The number of carbonyl (C=O) groups is 1. The largest absolute Gasteiger partial charge is 0.376 e. The maximum Gasteiger partial charge on any atom is 0.258 e. The molecule has 1 fully saturated rings. The van der Waals surface area contributed by atoms with Gasteiger partial charge in [0.2, 0.25) is 5.96 Å². The van der Waals surface area contributed by atoms with Crippen molar-refractivity contribution in [1.29, 1.82) is 0 Å². The van der Waals surface area contributed by atoms with Crippen LogP contribution in [0.1, 0.15) is 28.8 Å². The highest BCUT2D eigenvalue weighted by Crippen LogP contribution is 2.19. The summed E-state index contributed by atoms with van der Waals surface area (Å²) in [7, 11) is 0. The van der Waals surface area contributed by atoms with Gasteiger partial charge in [-0.3, -0.25) is 10.1 Å². The van der Waals surface area contributed by atoms with Crippen molar-refractivity contribution in [2.45, 2.75) is 25.9 Å². The van der Waals surface area contributed by atoms with Crippen molar-refractivity contribution in [3.05, 3.63) is 64.4 Å². The monoisotopic (exact) mass is 389 g/mol. The Morgan fingerprint density at radius 1 is 1.33 bits per heavy atom. The minimum atomic E-state index is -0.470. The molecule has 0 radical (unpaired) electrons. The zero-order valence-electron chi connectivity index (χ0n) is 15.0. The number of nitrogens with one attached hydrogen (secondary N) is 2. The number of guanidine groups is 1. The SMILES string of the molecule is Cc1cc(Cl)ccc1NC(=NCC1CCCO1)NC(=O)c1cccc(F)c1. The Hall–Kier alpha value is -2.44. The molecular formula is C20H21ClFN3O2. The first-order valence-corrected chi connectivity index (χ1v) is 9.15. The number of aliphatic imine (C=N–C) groups is 1. The van der Waals surface area contributed by atoms with Gasteiger partial charge in [0.15, 0.2) is 0 Å². The quantitative estimate of drug-likeness (QED) is 0.609. The van der Waals surface area contributed by atoms with Crippen LogP contribution in [0.4, 0.5) is 10.1 Å². The summed E-state index contributed by atoms with van der Waals surface area (Å²) in [6.07, 6.45) is 1.99. The fourth-order valence-electron chi connectivity index (χ4n) is 2.80. The molecule has 27 heavy (non-hydrogen) atoms. The van der Waals surface area contributed by atoms with Gasteiger partial charge in [-0.15, -0.1) is 0 Å². The number of halogens is 2. The number of benzene rings is 2. The molecule has 1 atom stereocenters. The van der Waals surface area contributed by atoms with E-state index >= 15 is 0 Å². The van der Waals surface area contributed by atoms with Gasteiger partial charge in [-0.1, -0.05) is 17.7 Å². The molecule has 1 aliphatic heterocycles. The third kappa shape index (κ3) is 5.52. The van der Waals surface area contributed by atoms with Crippen LogP contribution in [0.5, 0.6) is 0 Å². The van der Waals surface area contributed by atoms with Crippen LogP contribution in [0, 0.1) is 12.7 Å². The molecule has 0 aliphatic carbocycles. The van der Waals surface area contributed by atoms with E-state index in [0.717, 1.165) is 30.7 Å². The fourth-order valence-corrected chi connectivity index (χ4v) is 3.02. The van der Waals surface area contributed by atoms with Crippen molar-refractivity contribution >= 4 is 29.2 Å². The Morgan fingerprint density at radius 2 is 2.19 bits per heavy atom. The van der Waals surface area contributed by atoms with Crippen LogP contribution in [-0.4, -0.2) is 31.1 Å². The lowest BCUT2D eigenvalue weighted by molar-refractivity contribution is 0.0975. The van der Waals surface area contributed by atoms with Crippen LogP contribution in [0.25, 0.3) is 0 Å². The van der Waals surface area contributed by atoms with E-state index in [0.29, 0.717) is 11.6 Å². The van der Waals surface area contributed by atoms with Crippen molar-refractivity contribution in [2.75, 3.05) is 18.5 Å². The smallest absolute Gasteiger partial charge is 0.258 e. The first kappa shape index (κ1) is 19.3. The molecule has 1 aliphatic rings. The number of ether oxygens (including phenoxy) is 1. The second kappa shape index (κ2) is 8.97. The molecule has 2 N–H and O–H groups in total. The summed E-state index contributed by atoms with van der Waals surface area (Å²) < 4.78 is 19.0. The summed E-state index contributed by atoms with van der Waals surface area (Å²) in [5.74, 6) is -0.633. The van der Waals surface area contributed by atoms with E-state index < -0.39 is 11.7 Å². The maximum atomic E-state index is 13.4. The van der Waals surface area contributed by atoms with E-state index in [4.69, 9.17) is 16.3 Å². The van der Waals surface area contributed by atoms with Gasteiger partial charge < -0.3 is 10.1 Å². The number of hydrogen-bond donors (Lipinski definition) is 2. The van der Waals surface area contributed by atoms with Crippen molar-refractivity contribution < 1.29 is 13.9 Å². The molecule has 1 unspecified atom stereocenters. The lowest BCUT2D eigenvalue weighted by Gasteiger charge is -2.15. The summed E-state index contributed by atoms with van der Waals surface area (Å²) in [5.41, 5.74) is 1.90. The number of amides is 1. The van der Waals surface area contributed by atoms with E-state index in [1.165, 1.54) is 18.2 Å². The molecule has 0 bridgehead atoms. The normalized spacial score (nSPS) is 17.0. The van der Waals surface area contributed by atoms with Gasteiger partial charge in [-0.05, 0) is 61.7 Å². The lowest BCUT2D eigenvalue weighted by Crippen LogP contribution is -2.37. The third-order valence-corrected chi connectivity index (χ3v) is 4.47. The molecule has 2 aromatic carbocycles. The van der Waals surface area contributed by atoms with E-state index in [1.807, 2.05) is 19.1 Å². The van der Waals surface area contributed by atoms with Crippen LogP contribution in [0.2, 0.25) is 5.02 Å². The molecular weight excluding hydrogens is 369 g/mol. The first-order valence-electron chi connectivity index (χ1n) is 8.77. The van der Waals surface area contributed by atoms with Gasteiger partial charge in [0.25, 0.3) is 5.91 Å². The van der Waals surface area contributed by atoms with E-state index in [-0.39, 0.29) is 17.6 Å². The van der Waals surface area contributed by atoms with Gasteiger partial charge in [0.05, 0.1) is 12.6 Å². The molecule has 1 amide bonds. The van der Waals surface area contributed by atoms with Crippen LogP contribution >= 0.6 is 11.6 Å². The van der Waals surface area contributed by atoms with Crippen molar-refractivity contribution in [1.82, 2.24) is 5.32 Å². The number of carbonyl (C=O) groups excluding carboxylic acids is 1. The number of anilines is 1. The Kier molecular flexibility index (Phi) is 6.42. The lowest BCUT2D eigenvalue weighted by atomic mass is 10.2.